The predicted octanol–water partition coefficient (Wildman–Crippen LogP) is -1.56. The highest BCUT2D eigenvalue weighted by Gasteiger charge is 1.91. The summed E-state index contributed by atoms with van der Waals surface area (Å²) in [7, 11) is 0. The van der Waals surface area contributed by atoms with E-state index < -0.39 is 0 Å². The zero-order chi connectivity index (χ0) is 12.2. The quantitative estimate of drug-likeness (QED) is 0.361. The van der Waals surface area contributed by atoms with E-state index in [0.29, 0.717) is 13.1 Å². The first-order valence-corrected chi connectivity index (χ1v) is 5.53. The average molecular weight is 230 g/mol. The summed E-state index contributed by atoms with van der Waals surface area (Å²) in [6.07, 6.45) is 0. The van der Waals surface area contributed by atoms with Crippen molar-refractivity contribution < 1.29 is 9.59 Å². The number of nitrogens with one attached hydrogen (secondary N) is 4. The van der Waals surface area contributed by atoms with Crippen LogP contribution in [0.1, 0.15) is 13.8 Å². The highest BCUT2D eigenvalue weighted by molar-refractivity contribution is 5.73. The molecule has 0 aromatic rings. The van der Waals surface area contributed by atoms with Crippen LogP contribution in [0.25, 0.3) is 0 Å². The molecule has 0 aliphatic carbocycles. The van der Waals surface area contributed by atoms with Crippen LogP contribution in [-0.4, -0.2) is 51.1 Å². The lowest BCUT2D eigenvalue weighted by Crippen LogP contribution is -2.36. The molecule has 0 atom stereocenters. The number of amides is 2. The molecule has 4 N–H and O–H groups in total. The maximum atomic E-state index is 10.5. The van der Waals surface area contributed by atoms with Crippen LogP contribution >= 0.6 is 0 Å². The predicted molar refractivity (Wildman–Crippen MR) is 63.1 cm³/mol. The molecule has 0 aliphatic rings. The minimum absolute atomic E-state index is 0.00441. The van der Waals surface area contributed by atoms with Gasteiger partial charge in [0.05, 0.1) is 0 Å². The zero-order valence-corrected chi connectivity index (χ0v) is 10.1. The van der Waals surface area contributed by atoms with Gasteiger partial charge >= 0.3 is 0 Å². The molecule has 0 aromatic heterocycles. The van der Waals surface area contributed by atoms with Gasteiger partial charge in [0.25, 0.3) is 0 Å². The van der Waals surface area contributed by atoms with Crippen molar-refractivity contribution in [3.05, 3.63) is 0 Å². The van der Waals surface area contributed by atoms with Crippen molar-refractivity contribution in [3.8, 4) is 0 Å². The second kappa shape index (κ2) is 10.4. The molecule has 0 spiro atoms. The maximum absolute atomic E-state index is 10.5. The van der Waals surface area contributed by atoms with Gasteiger partial charge in [-0.25, -0.2) is 0 Å². The lowest BCUT2D eigenvalue weighted by molar-refractivity contribution is -0.119. The molecule has 16 heavy (non-hydrogen) atoms. The fourth-order valence-electron chi connectivity index (χ4n) is 1.08. The van der Waals surface area contributed by atoms with Crippen molar-refractivity contribution in [1.82, 2.24) is 21.3 Å². The van der Waals surface area contributed by atoms with E-state index in [1.807, 2.05) is 0 Å². The summed E-state index contributed by atoms with van der Waals surface area (Å²) in [5.74, 6) is -0.00883. The molecule has 0 saturated carbocycles. The Morgan fingerprint density at radius 1 is 0.688 bits per heavy atom. The van der Waals surface area contributed by atoms with Gasteiger partial charge in [0.1, 0.15) is 0 Å². The molecule has 0 aromatic carbocycles. The number of hydrogen-bond acceptors (Lipinski definition) is 4. The minimum Gasteiger partial charge on any atom is -0.355 e. The zero-order valence-electron chi connectivity index (χ0n) is 10.1. The normalized spacial score (nSPS) is 9.88. The van der Waals surface area contributed by atoms with Gasteiger partial charge in [0, 0.05) is 53.1 Å². The number of hydrogen-bond donors (Lipinski definition) is 4. The topological polar surface area (TPSA) is 82.3 Å². The standard InChI is InChI=1S/C10H22N4O2/c1-9(15)13-7-5-11-3-4-12-6-8-14-10(2)16/h11-12H,3-8H2,1-2H3,(H,13,15)(H,14,16). The van der Waals surface area contributed by atoms with Gasteiger partial charge in [0.15, 0.2) is 0 Å². The van der Waals surface area contributed by atoms with E-state index in [-0.39, 0.29) is 11.8 Å². The SMILES string of the molecule is CC(=O)NCCNCCNCCNC(C)=O. The third-order valence-corrected chi connectivity index (χ3v) is 1.83. The molecule has 2 amide bonds. The Labute approximate surface area is 96.5 Å². The Morgan fingerprint density at radius 3 is 1.31 bits per heavy atom. The van der Waals surface area contributed by atoms with Crippen molar-refractivity contribution >= 4 is 11.8 Å². The van der Waals surface area contributed by atoms with E-state index in [0.717, 1.165) is 26.2 Å². The Bertz CT molecular complexity index is 187. The summed E-state index contributed by atoms with van der Waals surface area (Å²) in [6.45, 7) is 7.55. The monoisotopic (exact) mass is 230 g/mol. The van der Waals surface area contributed by atoms with Gasteiger partial charge in [-0.05, 0) is 0 Å². The van der Waals surface area contributed by atoms with Crippen LogP contribution in [0.3, 0.4) is 0 Å². The fraction of sp³-hybridized carbons (Fsp3) is 0.800. The van der Waals surface area contributed by atoms with Gasteiger partial charge in [-0.15, -0.1) is 0 Å². The lowest BCUT2D eigenvalue weighted by atomic mass is 10.5. The van der Waals surface area contributed by atoms with Crippen LogP contribution in [-0.2, 0) is 9.59 Å². The maximum Gasteiger partial charge on any atom is 0.216 e. The van der Waals surface area contributed by atoms with Gasteiger partial charge < -0.3 is 21.3 Å². The van der Waals surface area contributed by atoms with Crippen LogP contribution in [0.15, 0.2) is 0 Å². The van der Waals surface area contributed by atoms with Gasteiger partial charge in [-0.1, -0.05) is 0 Å². The molecule has 0 fully saturated rings. The molecule has 0 heterocycles. The smallest absolute Gasteiger partial charge is 0.216 e. The molecule has 6 heteroatoms. The first-order chi connectivity index (χ1) is 7.63. The van der Waals surface area contributed by atoms with E-state index in [1.54, 1.807) is 0 Å². The van der Waals surface area contributed by atoms with Crippen LogP contribution in [0, 0.1) is 0 Å². The Morgan fingerprint density at radius 2 is 1.00 bits per heavy atom. The fourth-order valence-corrected chi connectivity index (χ4v) is 1.08. The van der Waals surface area contributed by atoms with E-state index >= 15 is 0 Å². The summed E-state index contributed by atoms with van der Waals surface area (Å²) < 4.78 is 0. The molecule has 0 aliphatic heterocycles. The van der Waals surface area contributed by atoms with Gasteiger partial charge in [-0.2, -0.15) is 0 Å². The number of carbonyl (C=O) groups excluding carboxylic acids is 2. The van der Waals surface area contributed by atoms with Crippen molar-refractivity contribution in [3.63, 3.8) is 0 Å². The summed E-state index contributed by atoms with van der Waals surface area (Å²) in [5.41, 5.74) is 0. The summed E-state index contributed by atoms with van der Waals surface area (Å²) in [4.78, 5) is 21.0. The Balaban J connectivity index is 2.98. The van der Waals surface area contributed by atoms with E-state index in [9.17, 15) is 9.59 Å². The second-order valence-corrected chi connectivity index (χ2v) is 3.47. The van der Waals surface area contributed by atoms with Crippen LogP contribution in [0.2, 0.25) is 0 Å². The summed E-state index contributed by atoms with van der Waals surface area (Å²) in [5, 5.41) is 11.8. The molecule has 0 radical (unpaired) electrons. The van der Waals surface area contributed by atoms with Crippen molar-refractivity contribution in [2.24, 2.45) is 0 Å². The molecule has 6 nitrogen and oxygen atoms in total. The molecular weight excluding hydrogens is 208 g/mol. The highest BCUT2D eigenvalue weighted by Crippen LogP contribution is 1.64. The van der Waals surface area contributed by atoms with Crippen LogP contribution in [0.4, 0.5) is 0 Å². The molecule has 0 bridgehead atoms. The number of rotatable bonds is 9. The summed E-state index contributed by atoms with van der Waals surface area (Å²) >= 11 is 0. The van der Waals surface area contributed by atoms with E-state index in [4.69, 9.17) is 0 Å². The third kappa shape index (κ3) is 12.9. The lowest BCUT2D eigenvalue weighted by Gasteiger charge is -2.07. The third-order valence-electron chi connectivity index (χ3n) is 1.83. The van der Waals surface area contributed by atoms with Crippen molar-refractivity contribution in [2.75, 3.05) is 39.3 Å². The molecular formula is C10H22N4O2. The first kappa shape index (κ1) is 14.9. The van der Waals surface area contributed by atoms with E-state index in [1.165, 1.54) is 13.8 Å². The summed E-state index contributed by atoms with van der Waals surface area (Å²) in [6, 6.07) is 0. The van der Waals surface area contributed by atoms with Crippen LogP contribution in [0.5, 0.6) is 0 Å². The number of carbonyl (C=O) groups is 2. The highest BCUT2D eigenvalue weighted by atomic mass is 16.2. The van der Waals surface area contributed by atoms with Crippen molar-refractivity contribution in [2.45, 2.75) is 13.8 Å². The largest absolute Gasteiger partial charge is 0.355 e. The van der Waals surface area contributed by atoms with Gasteiger partial charge in [-0.3, -0.25) is 9.59 Å². The van der Waals surface area contributed by atoms with Crippen molar-refractivity contribution in [1.29, 1.82) is 0 Å². The second-order valence-electron chi connectivity index (χ2n) is 3.47. The molecule has 0 saturated heterocycles. The van der Waals surface area contributed by atoms with Gasteiger partial charge in [0.2, 0.25) is 11.8 Å². The Kier molecular flexibility index (Phi) is 9.64. The molecule has 0 unspecified atom stereocenters. The van der Waals surface area contributed by atoms with E-state index in [2.05, 4.69) is 21.3 Å². The molecule has 0 rings (SSSR count). The Hall–Kier alpha value is -1.14. The first-order valence-electron chi connectivity index (χ1n) is 5.53. The average Bonchev–Trinajstić information content (AvgIpc) is 2.20. The minimum atomic E-state index is -0.00441. The van der Waals surface area contributed by atoms with Crippen LogP contribution < -0.4 is 21.3 Å². The molecule has 94 valence electrons.